The minimum Gasteiger partial charge on any atom is -0.352 e. The van der Waals surface area contributed by atoms with E-state index in [1.807, 2.05) is 6.92 Å². The molecule has 0 fully saturated rings. The third-order valence-corrected chi connectivity index (χ3v) is 3.39. The van der Waals surface area contributed by atoms with Crippen LogP contribution in [-0.4, -0.2) is 22.2 Å². The van der Waals surface area contributed by atoms with Crippen LogP contribution in [0.5, 0.6) is 0 Å². The third kappa shape index (κ3) is 4.04. The standard InChI is InChI=1S/C15H15ClF3N3O/c1-2-3-7-20-14(23)12-9-21-22(13(12)15(17,18)19)11-6-4-5-10(16)8-11/h4-6,8-9H,2-3,7H2,1H3,(H,20,23). The van der Waals surface area contributed by atoms with E-state index in [2.05, 4.69) is 10.4 Å². The molecule has 1 N–H and O–H groups in total. The largest absolute Gasteiger partial charge is 0.434 e. The van der Waals surface area contributed by atoms with Crippen molar-refractivity contribution in [2.75, 3.05) is 6.54 Å². The second kappa shape index (κ2) is 7.04. The molecule has 0 aliphatic carbocycles. The molecule has 23 heavy (non-hydrogen) atoms. The van der Waals surface area contributed by atoms with Crippen molar-refractivity contribution in [3.63, 3.8) is 0 Å². The quantitative estimate of drug-likeness (QED) is 0.830. The Balaban J connectivity index is 2.44. The van der Waals surface area contributed by atoms with E-state index in [0.29, 0.717) is 17.6 Å². The highest BCUT2D eigenvalue weighted by Gasteiger charge is 2.40. The summed E-state index contributed by atoms with van der Waals surface area (Å²) in [5.74, 6) is -0.793. The van der Waals surface area contributed by atoms with Gasteiger partial charge in [0, 0.05) is 11.6 Å². The van der Waals surface area contributed by atoms with Gasteiger partial charge < -0.3 is 5.32 Å². The van der Waals surface area contributed by atoms with Gasteiger partial charge in [-0.1, -0.05) is 31.0 Å². The molecule has 0 atom stereocenters. The van der Waals surface area contributed by atoms with E-state index in [4.69, 9.17) is 11.6 Å². The number of nitrogens with one attached hydrogen (secondary N) is 1. The Bertz CT molecular complexity index is 698. The molecule has 2 rings (SSSR count). The van der Waals surface area contributed by atoms with Crippen molar-refractivity contribution in [2.24, 2.45) is 0 Å². The molecule has 0 saturated heterocycles. The minimum atomic E-state index is -4.73. The second-order valence-corrected chi connectivity index (χ2v) is 5.34. The number of rotatable bonds is 5. The monoisotopic (exact) mass is 345 g/mol. The van der Waals surface area contributed by atoms with E-state index in [0.717, 1.165) is 12.6 Å². The zero-order valence-electron chi connectivity index (χ0n) is 12.3. The van der Waals surface area contributed by atoms with Crippen molar-refractivity contribution in [1.29, 1.82) is 0 Å². The molecule has 1 aromatic carbocycles. The van der Waals surface area contributed by atoms with Crippen LogP contribution < -0.4 is 5.32 Å². The average Bonchev–Trinajstić information content (AvgIpc) is 2.92. The van der Waals surface area contributed by atoms with Crippen LogP contribution in [0.3, 0.4) is 0 Å². The molecule has 0 saturated carbocycles. The number of amides is 1. The van der Waals surface area contributed by atoms with Crippen LogP contribution in [0.2, 0.25) is 5.02 Å². The van der Waals surface area contributed by atoms with Gasteiger partial charge in [0.25, 0.3) is 5.91 Å². The SMILES string of the molecule is CCCCNC(=O)c1cnn(-c2cccc(Cl)c2)c1C(F)(F)F. The molecule has 0 spiro atoms. The van der Waals surface area contributed by atoms with Gasteiger partial charge in [-0.3, -0.25) is 4.79 Å². The lowest BCUT2D eigenvalue weighted by Gasteiger charge is -2.13. The number of alkyl halides is 3. The number of carbonyl (C=O) groups is 1. The summed E-state index contributed by atoms with van der Waals surface area (Å²) >= 11 is 5.81. The Morgan fingerprint density at radius 3 is 2.74 bits per heavy atom. The molecule has 1 amide bonds. The van der Waals surface area contributed by atoms with Gasteiger partial charge in [0.2, 0.25) is 0 Å². The van der Waals surface area contributed by atoms with Gasteiger partial charge >= 0.3 is 6.18 Å². The summed E-state index contributed by atoms with van der Waals surface area (Å²) in [5.41, 5.74) is -1.49. The van der Waals surface area contributed by atoms with Crippen LogP contribution in [-0.2, 0) is 6.18 Å². The predicted molar refractivity (Wildman–Crippen MR) is 80.8 cm³/mol. The van der Waals surface area contributed by atoms with Crippen LogP contribution >= 0.6 is 11.6 Å². The zero-order valence-corrected chi connectivity index (χ0v) is 13.1. The topological polar surface area (TPSA) is 46.9 Å². The first-order valence-electron chi connectivity index (χ1n) is 7.04. The van der Waals surface area contributed by atoms with E-state index < -0.39 is 23.3 Å². The molecular weight excluding hydrogens is 331 g/mol. The van der Waals surface area contributed by atoms with Gasteiger partial charge in [-0.05, 0) is 24.6 Å². The molecule has 8 heteroatoms. The fraction of sp³-hybridized carbons (Fsp3) is 0.333. The van der Waals surface area contributed by atoms with Crippen LogP contribution in [0.4, 0.5) is 13.2 Å². The number of hydrogen-bond acceptors (Lipinski definition) is 2. The maximum Gasteiger partial charge on any atom is 0.434 e. The van der Waals surface area contributed by atoms with E-state index in [1.165, 1.54) is 18.2 Å². The third-order valence-electron chi connectivity index (χ3n) is 3.15. The number of carbonyl (C=O) groups excluding carboxylic acids is 1. The molecule has 0 radical (unpaired) electrons. The van der Waals surface area contributed by atoms with Crippen molar-refractivity contribution in [3.05, 3.63) is 46.7 Å². The van der Waals surface area contributed by atoms with Crippen LogP contribution in [0, 0.1) is 0 Å². The van der Waals surface area contributed by atoms with Crippen molar-refractivity contribution < 1.29 is 18.0 Å². The summed E-state index contributed by atoms with van der Waals surface area (Å²) in [4.78, 5) is 12.0. The lowest BCUT2D eigenvalue weighted by molar-refractivity contribution is -0.143. The van der Waals surface area contributed by atoms with Gasteiger partial charge in [-0.15, -0.1) is 0 Å². The van der Waals surface area contributed by atoms with Gasteiger partial charge in [0.1, 0.15) is 0 Å². The Kier molecular flexibility index (Phi) is 5.30. The molecule has 0 aliphatic heterocycles. The first-order chi connectivity index (χ1) is 10.8. The first-order valence-corrected chi connectivity index (χ1v) is 7.41. The minimum absolute atomic E-state index is 0.137. The lowest BCUT2D eigenvalue weighted by Crippen LogP contribution is -2.27. The second-order valence-electron chi connectivity index (χ2n) is 4.91. The van der Waals surface area contributed by atoms with Crippen molar-refractivity contribution >= 4 is 17.5 Å². The fourth-order valence-corrected chi connectivity index (χ4v) is 2.25. The van der Waals surface area contributed by atoms with Crippen LogP contribution in [0.25, 0.3) is 5.69 Å². The van der Waals surface area contributed by atoms with Crippen molar-refractivity contribution in [2.45, 2.75) is 25.9 Å². The molecule has 1 aromatic heterocycles. The molecule has 4 nitrogen and oxygen atoms in total. The molecule has 124 valence electrons. The maximum atomic E-state index is 13.4. The van der Waals surface area contributed by atoms with Crippen LogP contribution in [0.1, 0.15) is 35.8 Å². The molecule has 0 aliphatic rings. The van der Waals surface area contributed by atoms with Crippen molar-refractivity contribution in [1.82, 2.24) is 15.1 Å². The van der Waals surface area contributed by atoms with Gasteiger partial charge in [-0.25, -0.2) is 4.68 Å². The number of unbranched alkanes of at least 4 members (excludes halogenated alkanes) is 1. The van der Waals surface area contributed by atoms with E-state index in [1.54, 1.807) is 6.07 Å². The summed E-state index contributed by atoms with van der Waals surface area (Å²) in [6.07, 6.45) is -2.29. The zero-order chi connectivity index (χ0) is 17.0. The molecule has 0 unspecified atom stereocenters. The van der Waals surface area contributed by atoms with Gasteiger partial charge in [0.15, 0.2) is 5.69 Å². The average molecular weight is 346 g/mol. The maximum absolute atomic E-state index is 13.4. The van der Waals surface area contributed by atoms with Gasteiger partial charge in [0.05, 0.1) is 17.4 Å². The number of hydrogen-bond donors (Lipinski definition) is 1. The van der Waals surface area contributed by atoms with E-state index in [9.17, 15) is 18.0 Å². The Labute approximate surface area is 136 Å². The highest BCUT2D eigenvalue weighted by molar-refractivity contribution is 6.30. The normalized spacial score (nSPS) is 11.5. The smallest absolute Gasteiger partial charge is 0.352 e. The Morgan fingerprint density at radius 2 is 2.13 bits per heavy atom. The number of aromatic nitrogens is 2. The molecule has 0 bridgehead atoms. The Hall–Kier alpha value is -2.02. The summed E-state index contributed by atoms with van der Waals surface area (Å²) in [5, 5.41) is 6.47. The van der Waals surface area contributed by atoms with E-state index in [-0.39, 0.29) is 10.7 Å². The molecule has 1 heterocycles. The fourth-order valence-electron chi connectivity index (χ4n) is 2.06. The summed E-state index contributed by atoms with van der Waals surface area (Å²) < 4.78 is 40.9. The predicted octanol–water partition coefficient (Wildman–Crippen LogP) is 4.07. The van der Waals surface area contributed by atoms with Crippen LogP contribution in [0.15, 0.2) is 30.5 Å². The highest BCUT2D eigenvalue weighted by Crippen LogP contribution is 2.34. The number of benzene rings is 1. The van der Waals surface area contributed by atoms with Gasteiger partial charge in [-0.2, -0.15) is 18.3 Å². The molecular formula is C15H15ClF3N3O. The lowest BCUT2D eigenvalue weighted by atomic mass is 10.2. The molecule has 2 aromatic rings. The number of halogens is 4. The number of nitrogens with zero attached hydrogens (tertiary/aromatic N) is 2. The Morgan fingerprint density at radius 1 is 1.39 bits per heavy atom. The van der Waals surface area contributed by atoms with E-state index >= 15 is 0 Å². The summed E-state index contributed by atoms with van der Waals surface area (Å²) in [7, 11) is 0. The first kappa shape index (κ1) is 17.3. The highest BCUT2D eigenvalue weighted by atomic mass is 35.5. The summed E-state index contributed by atoms with van der Waals surface area (Å²) in [6.45, 7) is 2.24. The summed E-state index contributed by atoms with van der Waals surface area (Å²) in [6, 6.07) is 5.84. The van der Waals surface area contributed by atoms with Crippen molar-refractivity contribution in [3.8, 4) is 5.69 Å².